The van der Waals surface area contributed by atoms with E-state index in [9.17, 15) is 0 Å². The van der Waals surface area contributed by atoms with Gasteiger partial charge in [0.1, 0.15) is 11.3 Å². The first-order valence-electron chi connectivity index (χ1n) is 6.73. The number of H-pyrrole nitrogens is 1. The molecular formula is C16H16N2OS. The highest BCUT2D eigenvalue weighted by molar-refractivity contribution is 7.71. The van der Waals surface area contributed by atoms with Crippen molar-refractivity contribution < 1.29 is 4.74 Å². The largest absolute Gasteiger partial charge is 0.491 e. The second-order valence-electron chi connectivity index (χ2n) is 4.60. The van der Waals surface area contributed by atoms with Crippen LogP contribution in [0.3, 0.4) is 0 Å². The zero-order chi connectivity index (χ0) is 13.9. The highest BCUT2D eigenvalue weighted by atomic mass is 32.1. The number of nitrogens with one attached hydrogen (secondary N) is 1. The number of para-hydroxylation sites is 2. The Balaban J connectivity index is 2.20. The van der Waals surface area contributed by atoms with Crippen molar-refractivity contribution in [3.8, 4) is 11.4 Å². The van der Waals surface area contributed by atoms with Crippen LogP contribution in [0.15, 0.2) is 48.5 Å². The lowest BCUT2D eigenvalue weighted by Crippen LogP contribution is -1.96. The number of hydrogen-bond donors (Lipinski definition) is 1. The highest BCUT2D eigenvalue weighted by Crippen LogP contribution is 2.27. The number of imidazole rings is 1. The number of nitrogens with zero attached hydrogens (tertiary/aromatic N) is 1. The molecule has 3 rings (SSSR count). The Kier molecular flexibility index (Phi) is 3.56. The van der Waals surface area contributed by atoms with Gasteiger partial charge in [-0.05, 0) is 42.9 Å². The Labute approximate surface area is 122 Å². The first-order valence-corrected chi connectivity index (χ1v) is 7.14. The molecule has 102 valence electrons. The summed E-state index contributed by atoms with van der Waals surface area (Å²) in [4.78, 5) is 3.26. The van der Waals surface area contributed by atoms with E-state index in [2.05, 4.69) is 11.9 Å². The summed E-state index contributed by atoms with van der Waals surface area (Å²) in [5.74, 6) is 0.852. The number of rotatable bonds is 4. The molecule has 0 amide bonds. The van der Waals surface area contributed by atoms with Crippen LogP contribution in [0.4, 0.5) is 0 Å². The lowest BCUT2D eigenvalue weighted by atomic mass is 10.2. The number of hydrogen-bond acceptors (Lipinski definition) is 2. The third-order valence-corrected chi connectivity index (χ3v) is 3.44. The predicted octanol–water partition coefficient (Wildman–Crippen LogP) is 4.48. The number of benzene rings is 2. The Hall–Kier alpha value is -2.07. The molecule has 0 unspecified atom stereocenters. The van der Waals surface area contributed by atoms with Crippen LogP contribution < -0.4 is 4.74 Å². The first kappa shape index (κ1) is 12.9. The van der Waals surface area contributed by atoms with E-state index in [0.717, 1.165) is 28.9 Å². The van der Waals surface area contributed by atoms with Crippen LogP contribution in [0.25, 0.3) is 16.7 Å². The van der Waals surface area contributed by atoms with E-state index < -0.39 is 0 Å². The molecule has 2 aromatic carbocycles. The summed E-state index contributed by atoms with van der Waals surface area (Å²) in [6, 6.07) is 16.1. The van der Waals surface area contributed by atoms with Crippen molar-refractivity contribution in [3.63, 3.8) is 0 Å². The molecular weight excluding hydrogens is 268 g/mol. The van der Waals surface area contributed by atoms with Gasteiger partial charge in [-0.2, -0.15) is 0 Å². The molecule has 3 nitrogen and oxygen atoms in total. The lowest BCUT2D eigenvalue weighted by molar-refractivity contribution is 0.320. The Morgan fingerprint density at radius 1 is 1.10 bits per heavy atom. The van der Waals surface area contributed by atoms with E-state index in [1.165, 1.54) is 0 Å². The monoisotopic (exact) mass is 284 g/mol. The topological polar surface area (TPSA) is 29.9 Å². The number of ether oxygens (including phenoxy) is 1. The van der Waals surface area contributed by atoms with Gasteiger partial charge in [0.05, 0.1) is 12.1 Å². The van der Waals surface area contributed by atoms with Gasteiger partial charge in [0.25, 0.3) is 0 Å². The van der Waals surface area contributed by atoms with Crippen LogP contribution in [0.5, 0.6) is 5.75 Å². The van der Waals surface area contributed by atoms with Crippen molar-refractivity contribution >= 4 is 23.3 Å². The molecule has 1 heterocycles. The molecule has 0 radical (unpaired) electrons. The average Bonchev–Trinajstić information content (AvgIpc) is 2.82. The fourth-order valence-electron chi connectivity index (χ4n) is 2.27. The van der Waals surface area contributed by atoms with Crippen LogP contribution in [-0.2, 0) is 0 Å². The van der Waals surface area contributed by atoms with Gasteiger partial charge >= 0.3 is 0 Å². The zero-order valence-electron chi connectivity index (χ0n) is 11.3. The summed E-state index contributed by atoms with van der Waals surface area (Å²) in [6.45, 7) is 2.80. The smallest absolute Gasteiger partial charge is 0.182 e. The van der Waals surface area contributed by atoms with E-state index in [1.807, 2.05) is 53.1 Å². The van der Waals surface area contributed by atoms with Crippen LogP contribution in [0.2, 0.25) is 0 Å². The number of aromatic amines is 1. The quantitative estimate of drug-likeness (QED) is 0.716. The van der Waals surface area contributed by atoms with Gasteiger partial charge in [0, 0.05) is 5.69 Å². The van der Waals surface area contributed by atoms with Gasteiger partial charge in [-0.15, -0.1) is 0 Å². The lowest BCUT2D eigenvalue weighted by Gasteiger charge is -2.07. The normalized spacial score (nSPS) is 10.8. The summed E-state index contributed by atoms with van der Waals surface area (Å²) < 4.78 is 8.49. The van der Waals surface area contributed by atoms with Crippen LogP contribution in [0, 0.1) is 4.77 Å². The molecule has 0 saturated heterocycles. The molecule has 0 bridgehead atoms. The fraction of sp³-hybridized carbons (Fsp3) is 0.188. The third-order valence-electron chi connectivity index (χ3n) is 3.16. The third kappa shape index (κ3) is 2.23. The maximum absolute atomic E-state index is 5.78. The zero-order valence-corrected chi connectivity index (χ0v) is 12.1. The van der Waals surface area contributed by atoms with Crippen LogP contribution >= 0.6 is 12.2 Å². The van der Waals surface area contributed by atoms with Gasteiger partial charge in [-0.3, -0.25) is 4.57 Å². The standard InChI is InChI=1S/C16H16N2OS/c1-2-11-19-14-10-6-9-13-15(14)17-16(20)18(13)12-7-4-3-5-8-12/h3-10H,2,11H2,1H3,(H,17,20). The predicted molar refractivity (Wildman–Crippen MR) is 84.2 cm³/mol. The van der Waals surface area contributed by atoms with Gasteiger partial charge in [-0.1, -0.05) is 31.2 Å². The van der Waals surface area contributed by atoms with Crippen molar-refractivity contribution in [1.82, 2.24) is 9.55 Å². The molecule has 0 spiro atoms. The SMILES string of the molecule is CCCOc1cccc2c1[nH]c(=S)n2-c1ccccc1. The van der Waals surface area contributed by atoms with E-state index in [4.69, 9.17) is 17.0 Å². The fourth-order valence-corrected chi connectivity index (χ4v) is 2.58. The molecule has 0 fully saturated rings. The summed E-state index contributed by atoms with van der Waals surface area (Å²) >= 11 is 5.46. The van der Waals surface area contributed by atoms with Crippen LogP contribution in [0.1, 0.15) is 13.3 Å². The molecule has 3 aromatic rings. The van der Waals surface area contributed by atoms with E-state index in [-0.39, 0.29) is 0 Å². The summed E-state index contributed by atoms with van der Waals surface area (Å²) in [6.07, 6.45) is 0.983. The number of aromatic nitrogens is 2. The molecule has 0 aliphatic rings. The molecule has 1 N–H and O–H groups in total. The molecule has 0 saturated carbocycles. The molecule has 20 heavy (non-hydrogen) atoms. The molecule has 1 aromatic heterocycles. The summed E-state index contributed by atoms with van der Waals surface area (Å²) in [5, 5.41) is 0. The molecule has 0 atom stereocenters. The van der Waals surface area contributed by atoms with E-state index in [1.54, 1.807) is 0 Å². The second kappa shape index (κ2) is 5.51. The molecule has 0 aliphatic carbocycles. The van der Waals surface area contributed by atoms with Gasteiger partial charge in [-0.25, -0.2) is 0 Å². The Morgan fingerprint density at radius 2 is 1.90 bits per heavy atom. The minimum Gasteiger partial charge on any atom is -0.491 e. The Morgan fingerprint density at radius 3 is 2.65 bits per heavy atom. The van der Waals surface area contributed by atoms with Crippen molar-refractivity contribution in [2.24, 2.45) is 0 Å². The van der Waals surface area contributed by atoms with Gasteiger partial charge in [0.15, 0.2) is 4.77 Å². The van der Waals surface area contributed by atoms with Gasteiger partial charge < -0.3 is 9.72 Å². The minimum absolute atomic E-state index is 0.679. The number of fused-ring (bicyclic) bond motifs is 1. The summed E-state index contributed by atoms with van der Waals surface area (Å²) in [5.41, 5.74) is 3.04. The van der Waals surface area contributed by atoms with Crippen molar-refractivity contribution in [2.45, 2.75) is 13.3 Å². The minimum atomic E-state index is 0.679. The van der Waals surface area contributed by atoms with Crippen molar-refractivity contribution in [3.05, 3.63) is 53.3 Å². The van der Waals surface area contributed by atoms with Gasteiger partial charge in [0.2, 0.25) is 0 Å². The van der Waals surface area contributed by atoms with Crippen molar-refractivity contribution in [1.29, 1.82) is 0 Å². The molecule has 4 heteroatoms. The second-order valence-corrected chi connectivity index (χ2v) is 4.99. The Bertz CT molecular complexity index is 774. The average molecular weight is 284 g/mol. The van der Waals surface area contributed by atoms with E-state index >= 15 is 0 Å². The van der Waals surface area contributed by atoms with E-state index in [0.29, 0.717) is 11.4 Å². The maximum Gasteiger partial charge on any atom is 0.182 e. The maximum atomic E-state index is 5.78. The highest BCUT2D eigenvalue weighted by Gasteiger charge is 2.10. The first-order chi connectivity index (χ1) is 9.81. The van der Waals surface area contributed by atoms with Crippen molar-refractivity contribution in [2.75, 3.05) is 6.61 Å². The summed E-state index contributed by atoms with van der Waals surface area (Å²) in [7, 11) is 0. The van der Waals surface area contributed by atoms with Crippen LogP contribution in [-0.4, -0.2) is 16.2 Å². The molecule has 0 aliphatic heterocycles.